The normalized spacial score (nSPS) is 23.2. The topological polar surface area (TPSA) is 62.3 Å². The lowest BCUT2D eigenvalue weighted by Gasteiger charge is -2.39. The molecular weight excluding hydrogens is 378 g/mol. The van der Waals surface area contributed by atoms with Crippen LogP contribution in [0.2, 0.25) is 0 Å². The van der Waals surface area contributed by atoms with Crippen molar-refractivity contribution in [2.75, 3.05) is 66.1 Å². The zero-order chi connectivity index (χ0) is 20.1. The van der Waals surface area contributed by atoms with Gasteiger partial charge in [-0.25, -0.2) is 8.42 Å². The molecule has 1 aromatic rings. The minimum Gasteiger partial charge on any atom is -0.497 e. The van der Waals surface area contributed by atoms with E-state index in [1.807, 2.05) is 0 Å². The number of benzene rings is 1. The predicted molar refractivity (Wildman–Crippen MR) is 109 cm³/mol. The largest absolute Gasteiger partial charge is 0.497 e. The van der Waals surface area contributed by atoms with Crippen molar-refractivity contribution >= 4 is 10.0 Å². The van der Waals surface area contributed by atoms with E-state index in [2.05, 4.69) is 23.6 Å². The second-order valence-electron chi connectivity index (χ2n) is 8.03. The molecule has 2 aliphatic heterocycles. The third kappa shape index (κ3) is 5.45. The molecule has 2 aliphatic rings. The molecule has 158 valence electrons. The minimum atomic E-state index is -3.45. The van der Waals surface area contributed by atoms with Gasteiger partial charge in [0.1, 0.15) is 5.75 Å². The fourth-order valence-electron chi connectivity index (χ4n) is 3.91. The Labute approximate surface area is 169 Å². The molecule has 2 fully saturated rings. The van der Waals surface area contributed by atoms with Crippen molar-refractivity contribution in [2.24, 2.45) is 5.92 Å². The lowest BCUT2D eigenvalue weighted by Crippen LogP contribution is -2.53. The lowest BCUT2D eigenvalue weighted by molar-refractivity contribution is -0.0486. The highest BCUT2D eigenvalue weighted by atomic mass is 32.2. The number of nitrogens with zero attached hydrogens (tertiary/aromatic N) is 3. The Hall–Kier alpha value is -1.19. The van der Waals surface area contributed by atoms with E-state index in [0.717, 1.165) is 45.9 Å². The molecule has 0 spiro atoms. The molecule has 0 saturated carbocycles. The number of ether oxygens (including phenoxy) is 2. The van der Waals surface area contributed by atoms with E-state index in [1.165, 1.54) is 0 Å². The highest BCUT2D eigenvalue weighted by Crippen LogP contribution is 2.21. The van der Waals surface area contributed by atoms with Crippen molar-refractivity contribution in [2.45, 2.75) is 24.8 Å². The van der Waals surface area contributed by atoms with E-state index in [0.29, 0.717) is 29.7 Å². The van der Waals surface area contributed by atoms with Gasteiger partial charge in [-0.2, -0.15) is 4.31 Å². The van der Waals surface area contributed by atoms with Crippen molar-refractivity contribution in [3.63, 3.8) is 0 Å². The number of piperazine rings is 1. The molecule has 0 aliphatic carbocycles. The number of sulfonamides is 1. The van der Waals surface area contributed by atoms with Crippen LogP contribution < -0.4 is 4.74 Å². The molecule has 0 unspecified atom stereocenters. The van der Waals surface area contributed by atoms with Gasteiger partial charge in [0.15, 0.2) is 0 Å². The molecule has 0 radical (unpaired) electrons. The smallest absolute Gasteiger partial charge is 0.243 e. The van der Waals surface area contributed by atoms with E-state index in [4.69, 9.17) is 9.47 Å². The van der Waals surface area contributed by atoms with Gasteiger partial charge in [-0.3, -0.25) is 9.80 Å². The average molecular weight is 412 g/mol. The third-order valence-corrected chi connectivity index (χ3v) is 7.25. The van der Waals surface area contributed by atoms with Crippen molar-refractivity contribution in [1.29, 1.82) is 0 Å². The Bertz CT molecular complexity index is 715. The summed E-state index contributed by atoms with van der Waals surface area (Å²) in [6, 6.07) is 6.60. The number of morpholine rings is 1. The lowest BCUT2D eigenvalue weighted by atomic mass is 10.1. The van der Waals surface area contributed by atoms with E-state index >= 15 is 0 Å². The summed E-state index contributed by atoms with van der Waals surface area (Å²) < 4.78 is 38.4. The first kappa shape index (κ1) is 21.5. The Balaban J connectivity index is 1.51. The minimum absolute atomic E-state index is 0.206. The van der Waals surface area contributed by atoms with Crippen LogP contribution in [0.5, 0.6) is 5.75 Å². The molecule has 2 saturated heterocycles. The third-order valence-electron chi connectivity index (χ3n) is 5.34. The van der Waals surface area contributed by atoms with Gasteiger partial charge in [0.05, 0.1) is 24.7 Å². The monoisotopic (exact) mass is 411 g/mol. The van der Waals surface area contributed by atoms with Crippen LogP contribution in [0, 0.1) is 5.92 Å². The van der Waals surface area contributed by atoms with Gasteiger partial charge in [-0.15, -0.1) is 0 Å². The highest BCUT2D eigenvalue weighted by Gasteiger charge is 2.30. The van der Waals surface area contributed by atoms with Gasteiger partial charge < -0.3 is 9.47 Å². The Kier molecular flexibility index (Phi) is 7.33. The summed E-state index contributed by atoms with van der Waals surface area (Å²) in [5.41, 5.74) is 0. The zero-order valence-electron chi connectivity index (χ0n) is 17.2. The van der Waals surface area contributed by atoms with Gasteiger partial charge in [0.2, 0.25) is 10.0 Å². The van der Waals surface area contributed by atoms with Crippen molar-refractivity contribution in [3.05, 3.63) is 24.3 Å². The summed E-state index contributed by atoms with van der Waals surface area (Å²) in [7, 11) is -1.88. The summed E-state index contributed by atoms with van der Waals surface area (Å²) in [6.45, 7) is 11.7. The standard InChI is InChI=1S/C20H33N3O4S/c1-17(2)14-22-12-13-27-19(16-22)15-21-8-10-23(11-9-21)28(24,25)20-6-4-18(26-3)5-7-20/h4-7,17,19H,8-16H2,1-3H3/t19-/m1/s1. The molecule has 1 aromatic carbocycles. The van der Waals surface area contributed by atoms with Crippen LogP contribution in [-0.2, 0) is 14.8 Å². The van der Waals surface area contributed by atoms with Crippen LogP contribution in [-0.4, -0.2) is 94.7 Å². The van der Waals surface area contributed by atoms with Gasteiger partial charge in [-0.1, -0.05) is 13.8 Å². The van der Waals surface area contributed by atoms with E-state index in [1.54, 1.807) is 35.7 Å². The van der Waals surface area contributed by atoms with Crippen molar-refractivity contribution in [1.82, 2.24) is 14.1 Å². The van der Waals surface area contributed by atoms with Crippen LogP contribution in [0.1, 0.15) is 13.8 Å². The van der Waals surface area contributed by atoms with Gasteiger partial charge in [0.25, 0.3) is 0 Å². The maximum Gasteiger partial charge on any atom is 0.243 e. The zero-order valence-corrected chi connectivity index (χ0v) is 18.0. The predicted octanol–water partition coefficient (Wildman–Crippen LogP) is 1.36. The number of methoxy groups -OCH3 is 1. The van der Waals surface area contributed by atoms with Crippen molar-refractivity contribution in [3.8, 4) is 5.75 Å². The van der Waals surface area contributed by atoms with Crippen LogP contribution in [0.25, 0.3) is 0 Å². The quantitative estimate of drug-likeness (QED) is 0.675. The first-order valence-corrected chi connectivity index (χ1v) is 11.5. The van der Waals surface area contributed by atoms with E-state index < -0.39 is 10.0 Å². The Morgan fingerprint density at radius 1 is 1.07 bits per heavy atom. The van der Waals surface area contributed by atoms with Gasteiger partial charge in [0, 0.05) is 52.4 Å². The Morgan fingerprint density at radius 3 is 2.36 bits per heavy atom. The van der Waals surface area contributed by atoms with Crippen molar-refractivity contribution < 1.29 is 17.9 Å². The summed E-state index contributed by atoms with van der Waals surface area (Å²) in [6.07, 6.45) is 0.206. The molecule has 1 atom stereocenters. The Morgan fingerprint density at radius 2 is 1.75 bits per heavy atom. The first-order valence-electron chi connectivity index (χ1n) is 10.1. The fourth-order valence-corrected chi connectivity index (χ4v) is 5.33. The highest BCUT2D eigenvalue weighted by molar-refractivity contribution is 7.89. The fraction of sp³-hybridized carbons (Fsp3) is 0.700. The second-order valence-corrected chi connectivity index (χ2v) is 9.96. The molecule has 3 rings (SSSR count). The summed E-state index contributed by atoms with van der Waals surface area (Å²) in [4.78, 5) is 5.12. The molecule has 0 aromatic heterocycles. The number of hydrogen-bond acceptors (Lipinski definition) is 6. The van der Waals surface area contributed by atoms with Crippen LogP contribution in [0.4, 0.5) is 0 Å². The summed E-state index contributed by atoms with van der Waals surface area (Å²) in [5, 5.41) is 0. The maximum atomic E-state index is 12.9. The number of hydrogen-bond donors (Lipinski definition) is 0. The molecule has 7 nitrogen and oxygen atoms in total. The molecule has 8 heteroatoms. The molecular formula is C20H33N3O4S. The molecule has 0 N–H and O–H groups in total. The molecule has 0 bridgehead atoms. The summed E-state index contributed by atoms with van der Waals surface area (Å²) >= 11 is 0. The van der Waals surface area contributed by atoms with Crippen LogP contribution >= 0.6 is 0 Å². The van der Waals surface area contributed by atoms with Gasteiger partial charge >= 0.3 is 0 Å². The average Bonchev–Trinajstić information content (AvgIpc) is 2.68. The van der Waals surface area contributed by atoms with Crippen LogP contribution in [0.3, 0.4) is 0 Å². The SMILES string of the molecule is COc1ccc(S(=O)(=O)N2CCN(C[C@@H]3CN(CC(C)C)CCO3)CC2)cc1. The summed E-state index contributed by atoms with van der Waals surface area (Å²) in [5.74, 6) is 1.31. The van der Waals surface area contributed by atoms with Gasteiger partial charge in [-0.05, 0) is 30.2 Å². The van der Waals surface area contributed by atoms with E-state index in [9.17, 15) is 8.42 Å². The molecule has 28 heavy (non-hydrogen) atoms. The first-order chi connectivity index (χ1) is 13.4. The maximum absolute atomic E-state index is 12.9. The number of rotatable bonds is 7. The van der Waals surface area contributed by atoms with E-state index in [-0.39, 0.29) is 6.10 Å². The molecule has 0 amide bonds. The molecule has 2 heterocycles. The second kappa shape index (κ2) is 9.54. The van der Waals surface area contributed by atoms with Crippen LogP contribution in [0.15, 0.2) is 29.2 Å².